The van der Waals surface area contributed by atoms with Gasteiger partial charge in [0.2, 0.25) is 0 Å². The number of rotatable bonds is 2. The van der Waals surface area contributed by atoms with Crippen molar-refractivity contribution in [3.63, 3.8) is 0 Å². The summed E-state index contributed by atoms with van der Waals surface area (Å²) in [4.78, 5) is 17.5. The van der Waals surface area contributed by atoms with E-state index in [1.54, 1.807) is 12.1 Å². The van der Waals surface area contributed by atoms with Crippen LogP contribution in [-0.4, -0.2) is 9.79 Å². The van der Waals surface area contributed by atoms with Crippen LogP contribution in [0.4, 0.5) is 0 Å². The molecule has 0 fully saturated rings. The van der Waals surface area contributed by atoms with Gasteiger partial charge in [-0.25, -0.2) is 0 Å². The maximum absolute atomic E-state index is 10.7. The average Bonchev–Trinajstić information content (AvgIpc) is 2.03. The molecule has 0 aromatic heterocycles. The second-order valence-electron chi connectivity index (χ2n) is 2.41. The molecule has 1 aromatic rings. The minimum atomic E-state index is -4.09. The molecule has 4 N–H and O–H groups in total. The van der Waals surface area contributed by atoms with Gasteiger partial charge in [0, 0.05) is 6.54 Å². The Kier molecular flexibility index (Phi) is 4.81. The second kappa shape index (κ2) is 4.88. The van der Waals surface area contributed by atoms with Crippen LogP contribution in [0, 0.1) is 0 Å². The SMILES string of the molecule is Br.NCc1ccc(P(=O)(O)O)cc1. The Morgan fingerprint density at radius 2 is 1.69 bits per heavy atom. The highest BCUT2D eigenvalue weighted by molar-refractivity contribution is 8.93. The maximum Gasteiger partial charge on any atom is 0.356 e. The summed E-state index contributed by atoms with van der Waals surface area (Å²) in [6.07, 6.45) is 0. The van der Waals surface area contributed by atoms with Crippen molar-refractivity contribution in [3.05, 3.63) is 29.8 Å². The van der Waals surface area contributed by atoms with Crippen molar-refractivity contribution in [3.8, 4) is 0 Å². The summed E-state index contributed by atoms with van der Waals surface area (Å²) in [5.74, 6) is 0. The first-order valence-electron chi connectivity index (χ1n) is 3.39. The van der Waals surface area contributed by atoms with Crippen LogP contribution in [0.1, 0.15) is 5.56 Å². The lowest BCUT2D eigenvalue weighted by atomic mass is 10.2. The van der Waals surface area contributed by atoms with Gasteiger partial charge in [-0.2, -0.15) is 0 Å². The normalized spacial score (nSPS) is 10.7. The van der Waals surface area contributed by atoms with Gasteiger partial charge in [0.1, 0.15) is 0 Å². The third-order valence-electron chi connectivity index (χ3n) is 1.51. The molecule has 6 heteroatoms. The van der Waals surface area contributed by atoms with E-state index >= 15 is 0 Å². The van der Waals surface area contributed by atoms with Crippen LogP contribution >= 0.6 is 24.6 Å². The third-order valence-corrected chi connectivity index (χ3v) is 2.48. The van der Waals surface area contributed by atoms with Crippen LogP contribution in [0.15, 0.2) is 24.3 Å². The molecule has 0 unspecified atom stereocenters. The van der Waals surface area contributed by atoms with Crippen LogP contribution in [-0.2, 0) is 11.1 Å². The predicted molar refractivity (Wildman–Crippen MR) is 56.3 cm³/mol. The second-order valence-corrected chi connectivity index (χ2v) is 4.02. The molecule has 0 atom stereocenters. The Bertz CT molecular complexity index is 308. The molecular formula is C7H11BrNO3P. The molecule has 0 bridgehead atoms. The van der Waals surface area contributed by atoms with Crippen molar-refractivity contribution in [2.75, 3.05) is 0 Å². The Labute approximate surface area is 86.7 Å². The van der Waals surface area contributed by atoms with Gasteiger partial charge in [-0.1, -0.05) is 12.1 Å². The molecule has 0 aliphatic carbocycles. The molecule has 4 nitrogen and oxygen atoms in total. The molecule has 0 spiro atoms. The van der Waals surface area contributed by atoms with Gasteiger partial charge >= 0.3 is 7.60 Å². The summed E-state index contributed by atoms with van der Waals surface area (Å²) >= 11 is 0. The lowest BCUT2D eigenvalue weighted by molar-refractivity contribution is 0.387. The van der Waals surface area contributed by atoms with Gasteiger partial charge in [-0.15, -0.1) is 17.0 Å². The number of halogens is 1. The molecule has 74 valence electrons. The standard InChI is InChI=1S/C7H10NO3P.BrH/c8-5-6-1-3-7(4-2-6)12(9,10)11;/h1-4H,5,8H2,(H2,9,10,11);1H. The summed E-state index contributed by atoms with van der Waals surface area (Å²) < 4.78 is 10.7. The first-order valence-corrected chi connectivity index (χ1v) is 5.00. The third kappa shape index (κ3) is 3.58. The van der Waals surface area contributed by atoms with Crippen molar-refractivity contribution in [2.45, 2.75) is 6.54 Å². The van der Waals surface area contributed by atoms with Gasteiger partial charge in [0.25, 0.3) is 0 Å². The van der Waals surface area contributed by atoms with Crippen LogP contribution in [0.5, 0.6) is 0 Å². The van der Waals surface area contributed by atoms with E-state index in [0.717, 1.165) is 5.56 Å². The number of hydrogen-bond donors (Lipinski definition) is 3. The fraction of sp³-hybridized carbons (Fsp3) is 0.143. The zero-order chi connectivity index (χ0) is 9.19. The molecule has 1 rings (SSSR count). The molecule has 0 saturated heterocycles. The topological polar surface area (TPSA) is 83.6 Å². The molecule has 0 aliphatic heterocycles. The summed E-state index contributed by atoms with van der Waals surface area (Å²) in [6.45, 7) is 0.376. The van der Waals surface area contributed by atoms with E-state index in [9.17, 15) is 4.57 Å². The zero-order valence-corrected chi connectivity index (χ0v) is 9.36. The van der Waals surface area contributed by atoms with Crippen LogP contribution < -0.4 is 11.0 Å². The molecule has 0 heterocycles. The van der Waals surface area contributed by atoms with E-state index in [-0.39, 0.29) is 22.3 Å². The Morgan fingerprint density at radius 1 is 1.23 bits per heavy atom. The molecule has 13 heavy (non-hydrogen) atoms. The van der Waals surface area contributed by atoms with Gasteiger partial charge in [-0.05, 0) is 17.7 Å². The van der Waals surface area contributed by atoms with E-state index < -0.39 is 7.60 Å². The van der Waals surface area contributed by atoms with Gasteiger partial charge in [0.05, 0.1) is 5.30 Å². The van der Waals surface area contributed by atoms with Gasteiger partial charge in [-0.3, -0.25) is 4.57 Å². The summed E-state index contributed by atoms with van der Waals surface area (Å²) in [5, 5.41) is 0.0275. The summed E-state index contributed by atoms with van der Waals surface area (Å²) in [5.41, 5.74) is 6.17. The number of benzene rings is 1. The predicted octanol–water partition coefficient (Wildman–Crippen LogP) is 0.526. The van der Waals surface area contributed by atoms with Crippen molar-refractivity contribution >= 4 is 29.9 Å². The fourth-order valence-electron chi connectivity index (χ4n) is 0.826. The maximum atomic E-state index is 10.7. The minimum absolute atomic E-state index is 0. The molecule has 0 radical (unpaired) electrons. The Hall–Kier alpha value is -0.190. The van der Waals surface area contributed by atoms with Crippen LogP contribution in [0.2, 0.25) is 0 Å². The highest BCUT2D eigenvalue weighted by Gasteiger charge is 2.15. The Balaban J connectivity index is 0.00000144. The average molecular weight is 268 g/mol. The molecule has 1 aromatic carbocycles. The van der Waals surface area contributed by atoms with Crippen molar-refractivity contribution in [1.29, 1.82) is 0 Å². The number of hydrogen-bond acceptors (Lipinski definition) is 2. The van der Waals surface area contributed by atoms with E-state index in [4.69, 9.17) is 15.5 Å². The fourth-order valence-corrected chi connectivity index (χ4v) is 1.36. The summed E-state index contributed by atoms with van der Waals surface area (Å²) in [7, 11) is -4.09. The van der Waals surface area contributed by atoms with Gasteiger partial charge in [0.15, 0.2) is 0 Å². The highest BCUT2D eigenvalue weighted by atomic mass is 79.9. The monoisotopic (exact) mass is 267 g/mol. The zero-order valence-electron chi connectivity index (χ0n) is 6.75. The lowest BCUT2D eigenvalue weighted by Crippen LogP contribution is -2.04. The first-order chi connectivity index (χ1) is 5.54. The highest BCUT2D eigenvalue weighted by Crippen LogP contribution is 2.32. The van der Waals surface area contributed by atoms with Crippen LogP contribution in [0.3, 0.4) is 0 Å². The molecule has 0 saturated carbocycles. The first kappa shape index (κ1) is 12.8. The largest absolute Gasteiger partial charge is 0.356 e. The molecular weight excluding hydrogens is 257 g/mol. The summed E-state index contributed by atoms with van der Waals surface area (Å²) in [6, 6.07) is 5.99. The Morgan fingerprint density at radius 3 is 2.00 bits per heavy atom. The van der Waals surface area contributed by atoms with E-state index in [0.29, 0.717) is 6.54 Å². The molecule has 0 amide bonds. The van der Waals surface area contributed by atoms with Crippen molar-refractivity contribution < 1.29 is 14.4 Å². The van der Waals surface area contributed by atoms with Crippen LogP contribution in [0.25, 0.3) is 0 Å². The van der Waals surface area contributed by atoms with Crippen molar-refractivity contribution in [2.24, 2.45) is 5.73 Å². The quantitative estimate of drug-likeness (QED) is 0.683. The van der Waals surface area contributed by atoms with Gasteiger partial charge < -0.3 is 15.5 Å². The minimum Gasteiger partial charge on any atom is -0.326 e. The number of nitrogens with two attached hydrogens (primary N) is 1. The smallest absolute Gasteiger partial charge is 0.326 e. The lowest BCUT2D eigenvalue weighted by Gasteiger charge is -2.03. The van der Waals surface area contributed by atoms with E-state index in [1.165, 1.54) is 12.1 Å². The van der Waals surface area contributed by atoms with Crippen molar-refractivity contribution in [1.82, 2.24) is 0 Å². The van der Waals surface area contributed by atoms with E-state index in [2.05, 4.69) is 0 Å². The van der Waals surface area contributed by atoms with E-state index in [1.807, 2.05) is 0 Å². The molecule has 0 aliphatic rings.